The molecule has 1 atom stereocenters. The van der Waals surface area contributed by atoms with Gasteiger partial charge in [-0.15, -0.1) is 13.2 Å². The van der Waals surface area contributed by atoms with Gasteiger partial charge >= 0.3 is 6.36 Å². The Labute approximate surface area is 124 Å². The maximum atomic E-state index is 12.4. The molecule has 0 aromatic heterocycles. The lowest BCUT2D eigenvalue weighted by Crippen LogP contribution is -2.19. The predicted molar refractivity (Wildman–Crippen MR) is 73.4 cm³/mol. The van der Waals surface area contributed by atoms with Gasteiger partial charge in [0.2, 0.25) is 0 Å². The molecule has 2 nitrogen and oxygen atoms in total. The van der Waals surface area contributed by atoms with Crippen molar-refractivity contribution in [3.05, 3.63) is 64.2 Å². The molecule has 0 aliphatic rings. The van der Waals surface area contributed by atoms with Gasteiger partial charge in [-0.25, -0.2) is 0 Å². The van der Waals surface area contributed by atoms with Crippen LogP contribution in [0.25, 0.3) is 0 Å². The van der Waals surface area contributed by atoms with Gasteiger partial charge in [0.05, 0.1) is 0 Å². The summed E-state index contributed by atoms with van der Waals surface area (Å²) in [5.74, 6) is -0.433. The topological polar surface area (TPSA) is 29.5 Å². The van der Waals surface area contributed by atoms with E-state index < -0.39 is 18.2 Å². The SMILES string of the molecule is Cc1ccc(Cl)cc1C(O)c1ccccc1OC(F)(F)F. The second kappa shape index (κ2) is 5.95. The average Bonchev–Trinajstić information content (AvgIpc) is 2.39. The summed E-state index contributed by atoms with van der Waals surface area (Å²) in [5, 5.41) is 10.8. The summed E-state index contributed by atoms with van der Waals surface area (Å²) in [6.07, 6.45) is -6.08. The average molecular weight is 317 g/mol. The van der Waals surface area contributed by atoms with Crippen LogP contribution < -0.4 is 4.74 Å². The van der Waals surface area contributed by atoms with E-state index in [2.05, 4.69) is 4.74 Å². The number of alkyl halides is 3. The van der Waals surface area contributed by atoms with Crippen LogP contribution in [0.5, 0.6) is 5.75 Å². The van der Waals surface area contributed by atoms with Gasteiger partial charge in [0, 0.05) is 10.6 Å². The number of ether oxygens (including phenoxy) is 1. The van der Waals surface area contributed by atoms with E-state index in [1.54, 1.807) is 19.1 Å². The summed E-state index contributed by atoms with van der Waals surface area (Å²) in [7, 11) is 0. The predicted octanol–water partition coefficient (Wildman–Crippen LogP) is 4.63. The van der Waals surface area contributed by atoms with Crippen molar-refractivity contribution in [2.75, 3.05) is 0 Å². The first-order valence-electron chi connectivity index (χ1n) is 6.07. The maximum absolute atomic E-state index is 12.4. The molecule has 0 saturated heterocycles. The molecule has 0 fully saturated rings. The molecule has 0 heterocycles. The van der Waals surface area contributed by atoms with Crippen molar-refractivity contribution >= 4 is 11.6 Å². The monoisotopic (exact) mass is 316 g/mol. The molecule has 6 heteroatoms. The Hall–Kier alpha value is -1.72. The van der Waals surface area contributed by atoms with Gasteiger partial charge in [-0.3, -0.25) is 0 Å². The summed E-state index contributed by atoms with van der Waals surface area (Å²) in [5.41, 5.74) is 1.18. The molecule has 2 rings (SSSR count). The van der Waals surface area contributed by atoms with Crippen LogP contribution in [0.15, 0.2) is 42.5 Å². The van der Waals surface area contributed by atoms with E-state index >= 15 is 0 Å². The number of hydrogen-bond acceptors (Lipinski definition) is 2. The minimum absolute atomic E-state index is 0.0280. The van der Waals surface area contributed by atoms with Crippen molar-refractivity contribution in [2.45, 2.75) is 19.4 Å². The van der Waals surface area contributed by atoms with Gasteiger partial charge in [0.15, 0.2) is 0 Å². The normalized spacial score (nSPS) is 13.0. The zero-order chi connectivity index (χ0) is 15.6. The molecule has 21 heavy (non-hydrogen) atoms. The molecule has 2 aromatic carbocycles. The second-order valence-electron chi connectivity index (χ2n) is 4.49. The highest BCUT2D eigenvalue weighted by Crippen LogP contribution is 2.35. The van der Waals surface area contributed by atoms with Crippen molar-refractivity contribution in [1.82, 2.24) is 0 Å². The molecular weight excluding hydrogens is 305 g/mol. The third-order valence-corrected chi connectivity index (χ3v) is 3.21. The van der Waals surface area contributed by atoms with Crippen LogP contribution in [0.3, 0.4) is 0 Å². The highest BCUT2D eigenvalue weighted by molar-refractivity contribution is 6.30. The van der Waals surface area contributed by atoms with Gasteiger partial charge in [0.1, 0.15) is 11.9 Å². The van der Waals surface area contributed by atoms with Gasteiger partial charge in [-0.1, -0.05) is 35.9 Å². The second-order valence-corrected chi connectivity index (χ2v) is 4.93. The highest BCUT2D eigenvalue weighted by Gasteiger charge is 2.33. The summed E-state index contributed by atoms with van der Waals surface area (Å²) in [4.78, 5) is 0. The number of benzene rings is 2. The van der Waals surface area contributed by atoms with Gasteiger partial charge in [-0.2, -0.15) is 0 Å². The number of aliphatic hydroxyl groups excluding tert-OH is 1. The summed E-state index contributed by atoms with van der Waals surface area (Å²) < 4.78 is 41.2. The number of hydrogen-bond donors (Lipinski definition) is 1. The van der Waals surface area contributed by atoms with Crippen LogP contribution in [-0.2, 0) is 0 Å². The Balaban J connectivity index is 2.44. The molecule has 0 aliphatic carbocycles. The lowest BCUT2D eigenvalue weighted by molar-refractivity contribution is -0.275. The summed E-state index contributed by atoms with van der Waals surface area (Å²) in [6, 6.07) is 10.3. The molecule has 1 N–H and O–H groups in total. The first-order chi connectivity index (χ1) is 9.78. The standard InChI is InChI=1S/C15H12ClF3O2/c1-9-6-7-10(16)8-12(9)14(20)11-4-2-3-5-13(11)21-15(17,18)19/h2-8,14,20H,1H3. The van der Waals surface area contributed by atoms with Crippen molar-refractivity contribution < 1.29 is 23.0 Å². The summed E-state index contributed by atoms with van der Waals surface area (Å²) >= 11 is 5.87. The third-order valence-electron chi connectivity index (χ3n) is 2.98. The third kappa shape index (κ3) is 3.89. The van der Waals surface area contributed by atoms with Crippen LogP contribution in [0.2, 0.25) is 5.02 Å². The summed E-state index contributed by atoms with van der Waals surface area (Å²) in [6.45, 7) is 1.74. The van der Waals surface area contributed by atoms with Crippen molar-refractivity contribution in [2.24, 2.45) is 0 Å². The number of aliphatic hydroxyl groups is 1. The molecule has 1 unspecified atom stereocenters. The van der Waals surface area contributed by atoms with Crippen LogP contribution in [-0.4, -0.2) is 11.5 Å². The van der Waals surface area contributed by atoms with Gasteiger partial charge in [-0.05, 0) is 36.2 Å². The van der Waals surface area contributed by atoms with E-state index in [1.165, 1.54) is 24.3 Å². The van der Waals surface area contributed by atoms with Crippen molar-refractivity contribution in [3.63, 3.8) is 0 Å². The zero-order valence-corrected chi connectivity index (χ0v) is 11.7. The molecule has 0 saturated carbocycles. The van der Waals surface area contributed by atoms with E-state index in [9.17, 15) is 18.3 Å². The largest absolute Gasteiger partial charge is 0.573 e. The van der Waals surface area contributed by atoms with E-state index in [4.69, 9.17) is 11.6 Å². The number of rotatable bonds is 3. The Morgan fingerprint density at radius 2 is 1.76 bits per heavy atom. The van der Waals surface area contributed by atoms with Crippen molar-refractivity contribution in [1.29, 1.82) is 0 Å². The molecule has 0 amide bonds. The first kappa shape index (κ1) is 15.7. The quantitative estimate of drug-likeness (QED) is 0.894. The number of halogens is 4. The van der Waals surface area contributed by atoms with Crippen LogP contribution in [0.4, 0.5) is 13.2 Å². The van der Waals surface area contributed by atoms with E-state index in [-0.39, 0.29) is 5.56 Å². The van der Waals surface area contributed by atoms with Crippen LogP contribution >= 0.6 is 11.6 Å². The van der Waals surface area contributed by atoms with Crippen molar-refractivity contribution in [3.8, 4) is 5.75 Å². The Morgan fingerprint density at radius 1 is 1.10 bits per heavy atom. The smallest absolute Gasteiger partial charge is 0.405 e. The number of para-hydroxylation sites is 1. The fourth-order valence-corrected chi connectivity index (χ4v) is 2.18. The highest BCUT2D eigenvalue weighted by atomic mass is 35.5. The maximum Gasteiger partial charge on any atom is 0.573 e. The minimum Gasteiger partial charge on any atom is -0.405 e. The Kier molecular flexibility index (Phi) is 4.44. The Bertz CT molecular complexity index is 641. The number of aryl methyl sites for hydroxylation is 1. The van der Waals surface area contributed by atoms with E-state index in [0.717, 1.165) is 6.07 Å². The van der Waals surface area contributed by atoms with Gasteiger partial charge < -0.3 is 9.84 Å². The lowest BCUT2D eigenvalue weighted by atomic mass is 9.97. The van der Waals surface area contributed by atoms with Crippen LogP contribution in [0.1, 0.15) is 22.8 Å². The molecule has 0 bridgehead atoms. The molecular formula is C15H12ClF3O2. The fraction of sp³-hybridized carbons (Fsp3) is 0.200. The zero-order valence-electron chi connectivity index (χ0n) is 11.0. The molecule has 2 aromatic rings. The first-order valence-corrected chi connectivity index (χ1v) is 6.44. The van der Waals surface area contributed by atoms with E-state index in [1.807, 2.05) is 0 Å². The Morgan fingerprint density at radius 3 is 2.43 bits per heavy atom. The molecule has 0 spiro atoms. The molecule has 0 radical (unpaired) electrons. The molecule has 112 valence electrons. The van der Waals surface area contributed by atoms with E-state index in [0.29, 0.717) is 16.1 Å². The van der Waals surface area contributed by atoms with Gasteiger partial charge in [0.25, 0.3) is 0 Å². The minimum atomic E-state index is -4.82. The van der Waals surface area contributed by atoms with Crippen LogP contribution in [0, 0.1) is 6.92 Å². The molecule has 0 aliphatic heterocycles. The lowest BCUT2D eigenvalue weighted by Gasteiger charge is -2.19. The fourth-order valence-electron chi connectivity index (χ4n) is 2.00.